The molecule has 0 radical (unpaired) electrons. The first kappa shape index (κ1) is 13.9. The van der Waals surface area contributed by atoms with E-state index in [1.807, 2.05) is 0 Å². The molecule has 0 saturated carbocycles. The van der Waals surface area contributed by atoms with Gasteiger partial charge in [0.25, 0.3) is 0 Å². The lowest BCUT2D eigenvalue weighted by Crippen LogP contribution is -2.42. The van der Waals surface area contributed by atoms with Gasteiger partial charge in [-0.15, -0.1) is 0 Å². The molecule has 0 amide bonds. The Morgan fingerprint density at radius 2 is 2.19 bits per heavy atom. The summed E-state index contributed by atoms with van der Waals surface area (Å²) in [6.45, 7) is 8.18. The molecule has 96 valence electrons. The standard InChI is InChI=1S/C13H28N2O/c1-11(2)7-13(10-16)14-8-12-5-4-6-15(3)9-12/h11-14,16H,4-10H2,1-3H3. The van der Waals surface area contributed by atoms with Gasteiger partial charge < -0.3 is 15.3 Å². The van der Waals surface area contributed by atoms with Crippen LogP contribution in [-0.4, -0.2) is 49.3 Å². The van der Waals surface area contributed by atoms with Crippen molar-refractivity contribution in [2.45, 2.75) is 39.2 Å². The maximum Gasteiger partial charge on any atom is 0.0584 e. The van der Waals surface area contributed by atoms with E-state index in [0.29, 0.717) is 5.92 Å². The molecule has 1 rings (SSSR count). The van der Waals surface area contributed by atoms with Gasteiger partial charge in [0, 0.05) is 12.6 Å². The SMILES string of the molecule is CC(C)CC(CO)NCC1CCCN(C)C1. The Morgan fingerprint density at radius 1 is 1.44 bits per heavy atom. The summed E-state index contributed by atoms with van der Waals surface area (Å²) in [6.07, 6.45) is 3.72. The van der Waals surface area contributed by atoms with Crippen molar-refractivity contribution in [2.24, 2.45) is 11.8 Å². The molecular weight excluding hydrogens is 200 g/mol. The van der Waals surface area contributed by atoms with Crippen LogP contribution in [-0.2, 0) is 0 Å². The van der Waals surface area contributed by atoms with Crippen molar-refractivity contribution >= 4 is 0 Å². The van der Waals surface area contributed by atoms with Gasteiger partial charge in [-0.2, -0.15) is 0 Å². The molecule has 0 aliphatic carbocycles. The molecule has 16 heavy (non-hydrogen) atoms. The number of nitrogens with one attached hydrogen (secondary N) is 1. The molecule has 3 nitrogen and oxygen atoms in total. The number of aliphatic hydroxyl groups excluding tert-OH is 1. The molecule has 0 aromatic carbocycles. The molecule has 1 fully saturated rings. The van der Waals surface area contributed by atoms with Gasteiger partial charge in [-0.3, -0.25) is 0 Å². The molecule has 0 aromatic heterocycles. The van der Waals surface area contributed by atoms with Gasteiger partial charge >= 0.3 is 0 Å². The Labute approximate surface area is 100 Å². The fourth-order valence-electron chi connectivity index (χ4n) is 2.56. The highest BCUT2D eigenvalue weighted by Crippen LogP contribution is 2.14. The van der Waals surface area contributed by atoms with Crippen LogP contribution in [0.4, 0.5) is 0 Å². The summed E-state index contributed by atoms with van der Waals surface area (Å²) in [5, 5.41) is 12.8. The summed E-state index contributed by atoms with van der Waals surface area (Å²) in [5.41, 5.74) is 0. The molecule has 2 N–H and O–H groups in total. The summed E-state index contributed by atoms with van der Waals surface area (Å²) in [5.74, 6) is 1.42. The smallest absolute Gasteiger partial charge is 0.0584 e. The summed E-state index contributed by atoms with van der Waals surface area (Å²) in [7, 11) is 2.20. The number of piperidine rings is 1. The Morgan fingerprint density at radius 3 is 2.75 bits per heavy atom. The van der Waals surface area contributed by atoms with Crippen molar-refractivity contribution in [1.29, 1.82) is 0 Å². The van der Waals surface area contributed by atoms with E-state index in [1.54, 1.807) is 0 Å². The van der Waals surface area contributed by atoms with Crippen LogP contribution in [0.25, 0.3) is 0 Å². The van der Waals surface area contributed by atoms with E-state index >= 15 is 0 Å². The Kier molecular flexibility index (Phi) is 6.32. The number of hydrogen-bond acceptors (Lipinski definition) is 3. The van der Waals surface area contributed by atoms with Gasteiger partial charge in [0.2, 0.25) is 0 Å². The Balaban J connectivity index is 2.20. The minimum atomic E-state index is 0.265. The molecule has 2 unspecified atom stereocenters. The van der Waals surface area contributed by atoms with E-state index in [0.717, 1.165) is 18.9 Å². The molecule has 1 saturated heterocycles. The Bertz CT molecular complexity index is 181. The first-order valence-electron chi connectivity index (χ1n) is 6.64. The minimum Gasteiger partial charge on any atom is -0.395 e. The van der Waals surface area contributed by atoms with Crippen LogP contribution in [0.15, 0.2) is 0 Å². The van der Waals surface area contributed by atoms with Crippen LogP contribution >= 0.6 is 0 Å². The molecule has 0 spiro atoms. The van der Waals surface area contributed by atoms with Crippen molar-refractivity contribution in [2.75, 3.05) is 33.3 Å². The second-order valence-corrected chi connectivity index (χ2v) is 5.69. The molecular formula is C13H28N2O. The average molecular weight is 228 g/mol. The molecule has 2 atom stereocenters. The van der Waals surface area contributed by atoms with Crippen LogP contribution in [0.3, 0.4) is 0 Å². The lowest BCUT2D eigenvalue weighted by Gasteiger charge is -2.31. The van der Waals surface area contributed by atoms with Crippen LogP contribution in [0, 0.1) is 11.8 Å². The Hall–Kier alpha value is -0.120. The van der Waals surface area contributed by atoms with Crippen molar-refractivity contribution in [1.82, 2.24) is 10.2 Å². The normalized spacial score (nSPS) is 24.9. The van der Waals surface area contributed by atoms with E-state index in [-0.39, 0.29) is 12.6 Å². The second-order valence-electron chi connectivity index (χ2n) is 5.69. The highest BCUT2D eigenvalue weighted by Gasteiger charge is 2.18. The zero-order valence-electron chi connectivity index (χ0n) is 11.1. The monoisotopic (exact) mass is 228 g/mol. The van der Waals surface area contributed by atoms with E-state index in [9.17, 15) is 5.11 Å². The fourth-order valence-corrected chi connectivity index (χ4v) is 2.56. The largest absolute Gasteiger partial charge is 0.395 e. The van der Waals surface area contributed by atoms with Gasteiger partial charge in [0.15, 0.2) is 0 Å². The number of rotatable bonds is 6. The highest BCUT2D eigenvalue weighted by molar-refractivity contribution is 4.75. The summed E-state index contributed by atoms with van der Waals surface area (Å²) >= 11 is 0. The van der Waals surface area contributed by atoms with Crippen molar-refractivity contribution in [3.05, 3.63) is 0 Å². The maximum atomic E-state index is 9.28. The lowest BCUT2D eigenvalue weighted by molar-refractivity contribution is 0.182. The lowest BCUT2D eigenvalue weighted by atomic mass is 9.97. The van der Waals surface area contributed by atoms with Gasteiger partial charge in [0.1, 0.15) is 0 Å². The predicted octanol–water partition coefficient (Wildman–Crippen LogP) is 1.32. The zero-order valence-corrected chi connectivity index (χ0v) is 11.1. The number of likely N-dealkylation sites (tertiary alicyclic amines) is 1. The number of nitrogens with zero attached hydrogens (tertiary/aromatic N) is 1. The number of hydrogen-bond donors (Lipinski definition) is 2. The fraction of sp³-hybridized carbons (Fsp3) is 1.00. The van der Waals surface area contributed by atoms with Crippen LogP contribution in [0.5, 0.6) is 0 Å². The van der Waals surface area contributed by atoms with Crippen molar-refractivity contribution in [3.8, 4) is 0 Å². The summed E-state index contributed by atoms with van der Waals surface area (Å²) in [4.78, 5) is 2.41. The molecule has 1 aliphatic heterocycles. The topological polar surface area (TPSA) is 35.5 Å². The van der Waals surface area contributed by atoms with E-state index in [1.165, 1.54) is 25.9 Å². The average Bonchev–Trinajstić information content (AvgIpc) is 2.24. The molecule has 0 aromatic rings. The first-order valence-corrected chi connectivity index (χ1v) is 6.64. The van der Waals surface area contributed by atoms with Gasteiger partial charge in [0.05, 0.1) is 6.61 Å². The predicted molar refractivity (Wildman–Crippen MR) is 68.6 cm³/mol. The molecule has 1 aliphatic rings. The van der Waals surface area contributed by atoms with E-state index in [2.05, 4.69) is 31.1 Å². The van der Waals surface area contributed by atoms with Crippen LogP contribution in [0.2, 0.25) is 0 Å². The quantitative estimate of drug-likeness (QED) is 0.720. The minimum absolute atomic E-state index is 0.265. The second kappa shape index (κ2) is 7.25. The summed E-state index contributed by atoms with van der Waals surface area (Å²) < 4.78 is 0. The van der Waals surface area contributed by atoms with Crippen LogP contribution < -0.4 is 5.32 Å². The molecule has 0 bridgehead atoms. The van der Waals surface area contributed by atoms with E-state index < -0.39 is 0 Å². The van der Waals surface area contributed by atoms with Crippen molar-refractivity contribution < 1.29 is 5.11 Å². The van der Waals surface area contributed by atoms with Gasteiger partial charge in [-0.05, 0) is 51.2 Å². The first-order chi connectivity index (χ1) is 7.61. The summed E-state index contributed by atoms with van der Waals surface area (Å²) in [6, 6.07) is 0.284. The third kappa shape index (κ3) is 5.28. The highest BCUT2D eigenvalue weighted by atomic mass is 16.3. The molecule has 1 heterocycles. The third-order valence-corrected chi connectivity index (χ3v) is 3.39. The zero-order chi connectivity index (χ0) is 12.0. The molecule has 3 heteroatoms. The van der Waals surface area contributed by atoms with Crippen LogP contribution in [0.1, 0.15) is 33.1 Å². The number of aliphatic hydroxyl groups is 1. The van der Waals surface area contributed by atoms with Gasteiger partial charge in [-0.1, -0.05) is 13.8 Å². The maximum absolute atomic E-state index is 9.28. The van der Waals surface area contributed by atoms with Crippen molar-refractivity contribution in [3.63, 3.8) is 0 Å². The van der Waals surface area contributed by atoms with Gasteiger partial charge in [-0.25, -0.2) is 0 Å². The third-order valence-electron chi connectivity index (χ3n) is 3.39. The van der Waals surface area contributed by atoms with E-state index in [4.69, 9.17) is 0 Å².